The Morgan fingerprint density at radius 3 is 2.65 bits per heavy atom. The smallest absolute Gasteiger partial charge is 0.396 e. The monoisotopic (exact) mass is 457 g/mol. The van der Waals surface area contributed by atoms with Gasteiger partial charge < -0.3 is 25.0 Å². The number of nitrogens with one attached hydrogen (secondary N) is 1. The third-order valence-electron chi connectivity index (χ3n) is 5.14. The Morgan fingerprint density at radius 2 is 1.97 bits per heavy atom. The molecule has 31 heavy (non-hydrogen) atoms. The number of thiophene rings is 1. The quantitative estimate of drug-likeness (QED) is 0.493. The first kappa shape index (κ1) is 21.7. The fourth-order valence-electron chi connectivity index (χ4n) is 3.42. The van der Waals surface area contributed by atoms with E-state index in [-0.39, 0.29) is 44.6 Å². The van der Waals surface area contributed by atoms with E-state index >= 15 is 0 Å². The first-order valence-corrected chi connectivity index (χ1v) is 10.7. The van der Waals surface area contributed by atoms with E-state index in [1.54, 1.807) is 0 Å². The summed E-state index contributed by atoms with van der Waals surface area (Å²) in [6.45, 7) is 2.50. The molecule has 0 fully saturated rings. The molecule has 13 heteroatoms. The Hall–Kier alpha value is -2.51. The van der Waals surface area contributed by atoms with Crippen LogP contribution in [0.15, 0.2) is 6.07 Å². The lowest BCUT2D eigenvalue weighted by Gasteiger charge is -2.29. The number of rotatable bonds is 7. The van der Waals surface area contributed by atoms with Crippen molar-refractivity contribution in [3.63, 3.8) is 0 Å². The first-order chi connectivity index (χ1) is 14.8. The highest BCUT2D eigenvalue weighted by Crippen LogP contribution is 2.35. The van der Waals surface area contributed by atoms with Gasteiger partial charge in [-0.1, -0.05) is 6.92 Å². The number of hydrogen-bond donors (Lipinski definition) is 3. The normalized spacial score (nSPS) is 14.5. The van der Waals surface area contributed by atoms with E-state index in [1.807, 2.05) is 17.9 Å². The topological polar surface area (TPSA) is 112 Å². The second kappa shape index (κ2) is 8.55. The van der Waals surface area contributed by atoms with Gasteiger partial charge in [-0.05, 0) is 12.5 Å². The first-order valence-electron chi connectivity index (χ1n) is 9.84. The van der Waals surface area contributed by atoms with Gasteiger partial charge >= 0.3 is 6.18 Å². The van der Waals surface area contributed by atoms with Gasteiger partial charge in [-0.25, -0.2) is 4.98 Å². The maximum atomic E-state index is 13.1. The molecule has 0 aromatic carbocycles. The summed E-state index contributed by atoms with van der Waals surface area (Å²) in [6, 6.07) is 2.00. The van der Waals surface area contributed by atoms with E-state index in [4.69, 9.17) is 0 Å². The van der Waals surface area contributed by atoms with Crippen molar-refractivity contribution in [1.82, 2.24) is 24.7 Å². The number of anilines is 2. The molecule has 0 bridgehead atoms. The van der Waals surface area contributed by atoms with Crippen molar-refractivity contribution in [2.24, 2.45) is 5.92 Å². The maximum absolute atomic E-state index is 13.1. The fourth-order valence-corrected chi connectivity index (χ4v) is 4.38. The number of fused-ring (bicyclic) bond motifs is 2. The van der Waals surface area contributed by atoms with Gasteiger partial charge in [0.15, 0.2) is 5.82 Å². The zero-order valence-electron chi connectivity index (χ0n) is 16.7. The minimum atomic E-state index is -4.55. The van der Waals surface area contributed by atoms with Gasteiger partial charge in [-0.15, -0.1) is 21.5 Å². The highest BCUT2D eigenvalue weighted by molar-refractivity contribution is 7.18. The number of halogens is 3. The molecular weight excluding hydrogens is 435 g/mol. The molecular formula is C18H22F3N7O2S. The van der Waals surface area contributed by atoms with Gasteiger partial charge in [-0.2, -0.15) is 18.2 Å². The molecule has 0 unspecified atom stereocenters. The summed E-state index contributed by atoms with van der Waals surface area (Å²) in [6.07, 6.45) is -3.73. The number of aromatic nitrogens is 5. The second-order valence-corrected chi connectivity index (χ2v) is 8.39. The summed E-state index contributed by atoms with van der Waals surface area (Å²) < 4.78 is 40.5. The summed E-state index contributed by atoms with van der Waals surface area (Å²) >= 11 is 1.53. The molecule has 0 atom stereocenters. The van der Waals surface area contributed by atoms with Crippen LogP contribution in [-0.4, -0.2) is 61.2 Å². The van der Waals surface area contributed by atoms with E-state index in [2.05, 4.69) is 25.5 Å². The van der Waals surface area contributed by atoms with E-state index in [9.17, 15) is 23.4 Å². The zero-order chi connectivity index (χ0) is 22.2. The van der Waals surface area contributed by atoms with E-state index in [1.165, 1.54) is 11.3 Å². The van der Waals surface area contributed by atoms with Crippen LogP contribution < -0.4 is 10.2 Å². The fraction of sp³-hybridized carbons (Fsp3) is 0.556. The SMILES string of the molecule is CCc1cc2c(N3CCn4c(nnc4C(F)(F)F)C3)nc(NCC(CO)CO)nc2s1. The molecule has 0 spiro atoms. The molecule has 4 heterocycles. The summed E-state index contributed by atoms with van der Waals surface area (Å²) in [7, 11) is 0. The molecule has 0 saturated carbocycles. The highest BCUT2D eigenvalue weighted by Gasteiger charge is 2.39. The van der Waals surface area contributed by atoms with Crippen molar-refractivity contribution in [3.05, 3.63) is 22.6 Å². The third kappa shape index (κ3) is 4.29. The van der Waals surface area contributed by atoms with Crippen LogP contribution in [0.2, 0.25) is 0 Å². The van der Waals surface area contributed by atoms with E-state index in [0.717, 1.165) is 26.1 Å². The van der Waals surface area contributed by atoms with Crippen molar-refractivity contribution < 1.29 is 23.4 Å². The molecule has 0 saturated heterocycles. The molecule has 0 amide bonds. The van der Waals surface area contributed by atoms with Crippen molar-refractivity contribution in [2.75, 3.05) is 36.5 Å². The third-order valence-corrected chi connectivity index (χ3v) is 6.32. The lowest BCUT2D eigenvalue weighted by Crippen LogP contribution is -2.36. The van der Waals surface area contributed by atoms with Gasteiger partial charge in [-0.3, -0.25) is 0 Å². The number of aliphatic hydroxyl groups is 2. The molecule has 1 aliphatic heterocycles. The van der Waals surface area contributed by atoms with E-state index in [0.29, 0.717) is 18.3 Å². The predicted octanol–water partition coefficient (Wildman–Crippen LogP) is 1.90. The number of aliphatic hydroxyl groups excluding tert-OH is 2. The van der Waals surface area contributed by atoms with Crippen LogP contribution in [0.25, 0.3) is 10.2 Å². The van der Waals surface area contributed by atoms with Crippen LogP contribution in [0.3, 0.4) is 0 Å². The van der Waals surface area contributed by atoms with Crippen molar-refractivity contribution >= 4 is 33.3 Å². The lowest BCUT2D eigenvalue weighted by molar-refractivity contribution is -0.147. The van der Waals surface area contributed by atoms with Crippen LogP contribution in [0.4, 0.5) is 24.9 Å². The molecule has 9 nitrogen and oxygen atoms in total. The van der Waals surface area contributed by atoms with E-state index < -0.39 is 12.0 Å². The van der Waals surface area contributed by atoms with Crippen LogP contribution >= 0.6 is 11.3 Å². The largest absolute Gasteiger partial charge is 0.451 e. The summed E-state index contributed by atoms with van der Waals surface area (Å²) in [5.41, 5.74) is 0. The summed E-state index contributed by atoms with van der Waals surface area (Å²) in [5, 5.41) is 29.5. The Kier molecular flexibility index (Phi) is 5.99. The van der Waals surface area contributed by atoms with Gasteiger partial charge in [0.2, 0.25) is 11.8 Å². The van der Waals surface area contributed by atoms with Crippen LogP contribution in [0, 0.1) is 5.92 Å². The number of aryl methyl sites for hydroxylation is 1. The molecule has 3 aromatic rings. The molecule has 4 rings (SSSR count). The van der Waals surface area contributed by atoms with Crippen LogP contribution in [0.1, 0.15) is 23.4 Å². The van der Waals surface area contributed by atoms with Gasteiger partial charge in [0.1, 0.15) is 10.6 Å². The molecule has 3 N–H and O–H groups in total. The number of nitrogens with zero attached hydrogens (tertiary/aromatic N) is 6. The molecule has 1 aliphatic rings. The van der Waals surface area contributed by atoms with Crippen LogP contribution in [-0.2, 0) is 25.7 Å². The summed E-state index contributed by atoms with van der Waals surface area (Å²) in [5.74, 6) is -0.170. The highest BCUT2D eigenvalue weighted by atomic mass is 32.1. The average molecular weight is 457 g/mol. The minimum absolute atomic E-state index is 0.0906. The Labute approximate surface area is 179 Å². The average Bonchev–Trinajstić information content (AvgIpc) is 3.37. The second-order valence-electron chi connectivity index (χ2n) is 7.28. The summed E-state index contributed by atoms with van der Waals surface area (Å²) in [4.78, 5) is 12.9. The molecule has 3 aromatic heterocycles. The van der Waals surface area contributed by atoms with Gasteiger partial charge in [0, 0.05) is 43.6 Å². The Morgan fingerprint density at radius 1 is 1.19 bits per heavy atom. The van der Waals surface area contributed by atoms with Crippen molar-refractivity contribution in [2.45, 2.75) is 32.6 Å². The Balaban J connectivity index is 1.67. The number of alkyl halides is 3. The van der Waals surface area contributed by atoms with Gasteiger partial charge in [0.05, 0.1) is 11.9 Å². The van der Waals surface area contributed by atoms with Crippen LogP contribution in [0.5, 0.6) is 0 Å². The number of hydrogen-bond acceptors (Lipinski definition) is 9. The van der Waals surface area contributed by atoms with Crippen molar-refractivity contribution in [1.29, 1.82) is 0 Å². The van der Waals surface area contributed by atoms with Crippen molar-refractivity contribution in [3.8, 4) is 0 Å². The predicted molar refractivity (Wildman–Crippen MR) is 109 cm³/mol. The zero-order valence-corrected chi connectivity index (χ0v) is 17.5. The van der Waals surface area contributed by atoms with Gasteiger partial charge in [0.25, 0.3) is 0 Å². The lowest BCUT2D eigenvalue weighted by atomic mass is 10.2. The molecule has 168 valence electrons. The Bertz CT molecular complexity index is 1060. The molecule has 0 aliphatic carbocycles. The standard InChI is InChI=1S/C18H22F3N7O2S/c1-2-11-5-12-14(23-17(24-15(12)31-11)22-6-10(8-29)9-30)27-3-4-28-13(7-27)25-26-16(28)18(19,20)21/h5,10,29-30H,2-4,6-9H2,1H3,(H,22,23,24). The maximum Gasteiger partial charge on any atom is 0.451 e. The minimum Gasteiger partial charge on any atom is -0.396 e. The molecule has 0 radical (unpaired) electrons.